The highest BCUT2D eigenvalue weighted by atomic mass is 16.4. The monoisotopic (exact) mass is 287 g/mol. The van der Waals surface area contributed by atoms with Gasteiger partial charge < -0.3 is 5.11 Å². The third-order valence-electron chi connectivity index (χ3n) is 5.28. The fourth-order valence-electron chi connectivity index (χ4n) is 4.45. The lowest BCUT2D eigenvalue weighted by atomic mass is 9.82. The molecule has 1 saturated carbocycles. The number of allylic oxidation sites excluding steroid dienone is 2. The molecule has 0 bridgehead atoms. The van der Waals surface area contributed by atoms with Crippen LogP contribution in [-0.4, -0.2) is 16.1 Å². The van der Waals surface area contributed by atoms with Crippen LogP contribution in [0.5, 0.6) is 0 Å². The fourth-order valence-corrected chi connectivity index (χ4v) is 4.45. The summed E-state index contributed by atoms with van der Waals surface area (Å²) in [6, 6.07) is 3.90. The number of hydrogen-bond acceptors (Lipinski definition) is 2. The minimum absolute atomic E-state index is 0.331. The van der Waals surface area contributed by atoms with E-state index in [1.807, 2.05) is 32.2 Å². The molecule has 0 spiro atoms. The number of rotatable bonds is 5. The number of carboxylic acids is 1. The van der Waals surface area contributed by atoms with Crippen LogP contribution in [0.2, 0.25) is 0 Å². The van der Waals surface area contributed by atoms with E-state index < -0.39 is 16.8 Å². The van der Waals surface area contributed by atoms with Crippen LogP contribution in [0.15, 0.2) is 36.2 Å². The van der Waals surface area contributed by atoms with Gasteiger partial charge in [-0.1, -0.05) is 44.9 Å². The van der Waals surface area contributed by atoms with E-state index in [0.717, 1.165) is 17.6 Å². The van der Waals surface area contributed by atoms with Crippen LogP contribution in [0.1, 0.15) is 53.0 Å². The molecular formula is C18H25NO2. The van der Waals surface area contributed by atoms with Crippen LogP contribution in [-0.2, 0) is 10.2 Å². The Hall–Kier alpha value is -1.64. The summed E-state index contributed by atoms with van der Waals surface area (Å²) in [6.45, 7) is 10.3. The quantitative estimate of drug-likeness (QED) is 0.826. The van der Waals surface area contributed by atoms with Crippen LogP contribution in [0.4, 0.5) is 0 Å². The molecule has 1 aliphatic carbocycles. The van der Waals surface area contributed by atoms with Gasteiger partial charge in [-0.25, -0.2) is 0 Å². The lowest BCUT2D eigenvalue weighted by Crippen LogP contribution is -2.26. The van der Waals surface area contributed by atoms with Gasteiger partial charge in [-0.3, -0.25) is 9.78 Å². The molecule has 0 radical (unpaired) electrons. The molecule has 21 heavy (non-hydrogen) atoms. The first kappa shape index (κ1) is 15.7. The second-order valence-corrected chi connectivity index (χ2v) is 6.86. The van der Waals surface area contributed by atoms with Crippen molar-refractivity contribution in [1.29, 1.82) is 0 Å². The van der Waals surface area contributed by atoms with Crippen molar-refractivity contribution in [1.82, 2.24) is 4.98 Å². The Morgan fingerprint density at radius 2 is 2.05 bits per heavy atom. The van der Waals surface area contributed by atoms with E-state index in [1.165, 1.54) is 0 Å². The second-order valence-electron chi connectivity index (χ2n) is 6.86. The van der Waals surface area contributed by atoms with E-state index in [4.69, 9.17) is 0 Å². The van der Waals surface area contributed by atoms with Gasteiger partial charge in [0.2, 0.25) is 0 Å². The van der Waals surface area contributed by atoms with Crippen LogP contribution >= 0.6 is 0 Å². The van der Waals surface area contributed by atoms with Gasteiger partial charge in [-0.05, 0) is 37.3 Å². The molecule has 3 nitrogen and oxygen atoms in total. The molecule has 1 aliphatic rings. The van der Waals surface area contributed by atoms with Crippen molar-refractivity contribution in [3.63, 3.8) is 0 Å². The van der Waals surface area contributed by atoms with Crippen LogP contribution in [0, 0.1) is 10.8 Å². The molecule has 2 rings (SSSR count). The largest absolute Gasteiger partial charge is 0.481 e. The maximum Gasteiger partial charge on any atom is 0.311 e. The molecular weight excluding hydrogens is 262 g/mol. The fraction of sp³-hybridized carbons (Fsp3) is 0.556. The van der Waals surface area contributed by atoms with E-state index in [-0.39, 0.29) is 5.41 Å². The third kappa shape index (κ3) is 1.79. The Balaban J connectivity index is 2.73. The average Bonchev–Trinajstić information content (AvgIpc) is 2.83. The summed E-state index contributed by atoms with van der Waals surface area (Å²) >= 11 is 0. The maximum atomic E-state index is 12.2. The van der Waals surface area contributed by atoms with E-state index in [1.54, 1.807) is 6.20 Å². The van der Waals surface area contributed by atoms with Crippen molar-refractivity contribution in [2.45, 2.75) is 52.9 Å². The summed E-state index contributed by atoms with van der Waals surface area (Å²) in [5.74, 6) is -0.698. The predicted octanol–water partition coefficient (Wildman–Crippen LogP) is 4.20. The lowest BCUT2D eigenvalue weighted by molar-refractivity contribution is -0.145. The SMILES string of the molecule is CCCC1(C(=O)O)C(C)(C)C1(C=C(C)C)c1cccnc1. The number of aromatic nitrogens is 1. The number of carbonyl (C=O) groups is 1. The Morgan fingerprint density at radius 1 is 1.38 bits per heavy atom. The zero-order valence-corrected chi connectivity index (χ0v) is 13.6. The van der Waals surface area contributed by atoms with Crippen LogP contribution in [0.3, 0.4) is 0 Å². The van der Waals surface area contributed by atoms with Crippen molar-refractivity contribution < 1.29 is 9.90 Å². The molecule has 2 unspecified atom stereocenters. The Morgan fingerprint density at radius 3 is 2.48 bits per heavy atom. The number of pyridine rings is 1. The smallest absolute Gasteiger partial charge is 0.311 e. The Bertz CT molecular complexity index is 572. The highest BCUT2D eigenvalue weighted by molar-refractivity contribution is 5.86. The number of carboxylic acid groups (broad SMARTS) is 1. The van der Waals surface area contributed by atoms with E-state index in [2.05, 4.69) is 31.8 Å². The van der Waals surface area contributed by atoms with Crippen molar-refractivity contribution >= 4 is 5.97 Å². The summed E-state index contributed by atoms with van der Waals surface area (Å²) < 4.78 is 0. The highest BCUT2D eigenvalue weighted by Gasteiger charge is 2.84. The van der Waals surface area contributed by atoms with Crippen molar-refractivity contribution in [2.24, 2.45) is 10.8 Å². The predicted molar refractivity (Wildman–Crippen MR) is 84.1 cm³/mol. The summed E-state index contributed by atoms with van der Waals surface area (Å²) in [7, 11) is 0. The molecule has 1 N–H and O–H groups in total. The molecule has 0 amide bonds. The molecule has 0 aliphatic heterocycles. The first-order chi connectivity index (χ1) is 9.78. The molecule has 1 aromatic rings. The van der Waals surface area contributed by atoms with Crippen molar-refractivity contribution in [3.8, 4) is 0 Å². The summed E-state index contributed by atoms with van der Waals surface area (Å²) in [5.41, 5.74) is 0.588. The van der Waals surface area contributed by atoms with Gasteiger partial charge in [0.1, 0.15) is 0 Å². The summed E-state index contributed by atoms with van der Waals surface area (Å²) in [4.78, 5) is 16.4. The molecule has 114 valence electrons. The van der Waals surface area contributed by atoms with Gasteiger partial charge in [0.15, 0.2) is 0 Å². The topological polar surface area (TPSA) is 50.2 Å². The molecule has 1 fully saturated rings. The highest BCUT2D eigenvalue weighted by Crippen LogP contribution is 2.81. The minimum atomic E-state index is -0.755. The van der Waals surface area contributed by atoms with Crippen molar-refractivity contribution in [2.75, 3.05) is 0 Å². The zero-order chi connectivity index (χ0) is 15.9. The normalized spacial score (nSPS) is 29.8. The second kappa shape index (κ2) is 4.97. The van der Waals surface area contributed by atoms with E-state index in [9.17, 15) is 9.90 Å². The third-order valence-corrected chi connectivity index (χ3v) is 5.28. The van der Waals surface area contributed by atoms with Gasteiger partial charge >= 0.3 is 5.97 Å². The standard InChI is InChI=1S/C18H25NO2/c1-6-9-17(15(20)21)16(4,5)18(17,11-13(2)3)14-8-7-10-19-12-14/h7-8,10-12H,6,9H2,1-5H3,(H,20,21). The van der Waals surface area contributed by atoms with Gasteiger partial charge in [0.05, 0.1) is 5.41 Å². The Labute approximate surface area is 127 Å². The number of aliphatic carboxylic acids is 1. The summed E-state index contributed by atoms with van der Waals surface area (Å²) in [5, 5.41) is 10.0. The lowest BCUT2D eigenvalue weighted by Gasteiger charge is -2.20. The first-order valence-corrected chi connectivity index (χ1v) is 7.58. The van der Waals surface area contributed by atoms with Crippen molar-refractivity contribution in [3.05, 3.63) is 41.7 Å². The summed E-state index contributed by atoms with van der Waals surface area (Å²) in [6.07, 6.45) is 7.23. The van der Waals surface area contributed by atoms with Gasteiger partial charge in [-0.2, -0.15) is 0 Å². The molecule has 0 aromatic carbocycles. The zero-order valence-electron chi connectivity index (χ0n) is 13.6. The average molecular weight is 287 g/mol. The van der Waals surface area contributed by atoms with Gasteiger partial charge in [0.25, 0.3) is 0 Å². The molecule has 1 aromatic heterocycles. The van der Waals surface area contributed by atoms with Crippen LogP contribution in [0.25, 0.3) is 0 Å². The molecule has 2 atom stereocenters. The first-order valence-electron chi connectivity index (χ1n) is 7.58. The van der Waals surface area contributed by atoms with Gasteiger partial charge in [0, 0.05) is 17.8 Å². The molecule has 3 heteroatoms. The molecule has 0 saturated heterocycles. The van der Waals surface area contributed by atoms with E-state index in [0.29, 0.717) is 6.42 Å². The number of nitrogens with zero attached hydrogens (tertiary/aromatic N) is 1. The van der Waals surface area contributed by atoms with Gasteiger partial charge in [-0.15, -0.1) is 0 Å². The maximum absolute atomic E-state index is 12.2. The van der Waals surface area contributed by atoms with Crippen LogP contribution < -0.4 is 0 Å². The Kier molecular flexibility index (Phi) is 3.73. The van der Waals surface area contributed by atoms with E-state index >= 15 is 0 Å². The molecule has 1 heterocycles. The minimum Gasteiger partial charge on any atom is -0.481 e. The number of hydrogen-bond donors (Lipinski definition) is 1.